The second kappa shape index (κ2) is 6.18. The molecule has 0 spiro atoms. The van der Waals surface area contributed by atoms with Crippen LogP contribution in [0.25, 0.3) is 0 Å². The van der Waals surface area contributed by atoms with Crippen LogP contribution in [0.1, 0.15) is 30.5 Å². The summed E-state index contributed by atoms with van der Waals surface area (Å²) in [6.45, 7) is 7.35. The van der Waals surface area contributed by atoms with Crippen molar-refractivity contribution in [1.82, 2.24) is 15.2 Å². The Bertz CT molecular complexity index is 405. The summed E-state index contributed by atoms with van der Waals surface area (Å²) in [5.74, 6) is 1.86. The highest BCUT2D eigenvalue weighted by atomic mass is 32.1. The lowest BCUT2D eigenvalue weighted by atomic mass is 10.00. The van der Waals surface area contributed by atoms with E-state index in [4.69, 9.17) is 0 Å². The van der Waals surface area contributed by atoms with Gasteiger partial charge in [-0.15, -0.1) is 11.3 Å². The monoisotopic (exact) mass is 266 g/mol. The van der Waals surface area contributed by atoms with Crippen LogP contribution in [0.3, 0.4) is 0 Å². The average Bonchev–Trinajstić information content (AvgIpc) is 2.78. The van der Waals surface area contributed by atoms with Gasteiger partial charge in [0.1, 0.15) is 5.01 Å². The molecule has 1 saturated heterocycles. The van der Waals surface area contributed by atoms with Crippen LogP contribution in [0.5, 0.6) is 0 Å². The zero-order valence-corrected chi connectivity index (χ0v) is 12.3. The largest absolute Gasteiger partial charge is 0.350 e. The highest BCUT2D eigenvalue weighted by molar-refractivity contribution is 7.09. The van der Waals surface area contributed by atoms with Gasteiger partial charge in [-0.3, -0.25) is 4.99 Å². The van der Waals surface area contributed by atoms with Crippen LogP contribution in [0.2, 0.25) is 0 Å². The van der Waals surface area contributed by atoms with Crippen LogP contribution in [0.4, 0.5) is 0 Å². The molecule has 100 valence electrons. The van der Waals surface area contributed by atoms with Crippen molar-refractivity contribution in [3.05, 3.63) is 16.1 Å². The Kier molecular flexibility index (Phi) is 4.58. The second-order valence-corrected chi connectivity index (χ2v) is 5.90. The third kappa shape index (κ3) is 3.45. The Hall–Kier alpha value is -1.10. The summed E-state index contributed by atoms with van der Waals surface area (Å²) in [6, 6.07) is 0. The van der Waals surface area contributed by atoms with Crippen LogP contribution >= 0.6 is 11.3 Å². The molecule has 0 saturated carbocycles. The molecule has 0 aliphatic carbocycles. The number of rotatable bonds is 2. The number of nitrogens with one attached hydrogen (secondary N) is 1. The number of thiazole rings is 1. The fourth-order valence-corrected chi connectivity index (χ4v) is 2.90. The molecule has 1 fully saturated rings. The van der Waals surface area contributed by atoms with Crippen LogP contribution in [0, 0.1) is 12.8 Å². The molecule has 2 heterocycles. The van der Waals surface area contributed by atoms with Crippen molar-refractivity contribution in [2.45, 2.75) is 33.2 Å². The maximum atomic E-state index is 4.46. The van der Waals surface area contributed by atoms with Crippen molar-refractivity contribution in [2.24, 2.45) is 10.9 Å². The van der Waals surface area contributed by atoms with E-state index in [1.165, 1.54) is 12.8 Å². The smallest absolute Gasteiger partial charge is 0.193 e. The maximum absolute atomic E-state index is 4.46. The van der Waals surface area contributed by atoms with E-state index in [0.717, 1.165) is 42.2 Å². The van der Waals surface area contributed by atoms with Crippen molar-refractivity contribution in [1.29, 1.82) is 0 Å². The van der Waals surface area contributed by atoms with Gasteiger partial charge in [-0.1, -0.05) is 6.92 Å². The molecule has 2 rings (SSSR count). The van der Waals surface area contributed by atoms with E-state index in [2.05, 4.69) is 32.5 Å². The minimum absolute atomic E-state index is 0.775. The Morgan fingerprint density at radius 2 is 2.28 bits per heavy atom. The first-order valence-corrected chi connectivity index (χ1v) is 7.43. The van der Waals surface area contributed by atoms with Crippen molar-refractivity contribution in [3.8, 4) is 0 Å². The van der Waals surface area contributed by atoms with Gasteiger partial charge >= 0.3 is 0 Å². The van der Waals surface area contributed by atoms with E-state index in [1.54, 1.807) is 11.3 Å². The standard InChI is InChI=1S/C13H22N4S/c1-10-4-6-17(7-5-10)13(14-3)15-8-12-16-11(2)9-18-12/h9-10H,4-8H2,1-3H3,(H,14,15). The summed E-state index contributed by atoms with van der Waals surface area (Å²) < 4.78 is 0. The Morgan fingerprint density at radius 1 is 1.56 bits per heavy atom. The van der Waals surface area contributed by atoms with E-state index in [1.807, 2.05) is 14.0 Å². The number of piperidine rings is 1. The third-order valence-corrected chi connectivity index (χ3v) is 4.33. The predicted octanol–water partition coefficient (Wildman–Crippen LogP) is 2.26. The van der Waals surface area contributed by atoms with Crippen molar-refractivity contribution in [2.75, 3.05) is 20.1 Å². The minimum atomic E-state index is 0.775. The molecule has 0 unspecified atom stereocenters. The molecule has 0 atom stereocenters. The second-order valence-electron chi connectivity index (χ2n) is 4.95. The molecule has 0 amide bonds. The number of hydrogen-bond acceptors (Lipinski definition) is 3. The summed E-state index contributed by atoms with van der Waals surface area (Å²) in [5, 5.41) is 6.62. The minimum Gasteiger partial charge on any atom is -0.350 e. The molecule has 0 radical (unpaired) electrons. The fraction of sp³-hybridized carbons (Fsp3) is 0.692. The molecule has 0 bridgehead atoms. The van der Waals surface area contributed by atoms with Crippen LogP contribution in [-0.4, -0.2) is 36.0 Å². The van der Waals surface area contributed by atoms with Crippen LogP contribution < -0.4 is 5.32 Å². The van der Waals surface area contributed by atoms with Gasteiger partial charge in [0.15, 0.2) is 5.96 Å². The molecule has 1 aliphatic heterocycles. The zero-order chi connectivity index (χ0) is 13.0. The molecule has 1 aliphatic rings. The van der Waals surface area contributed by atoms with Gasteiger partial charge in [0.2, 0.25) is 0 Å². The molecule has 18 heavy (non-hydrogen) atoms. The van der Waals surface area contributed by atoms with Crippen molar-refractivity contribution < 1.29 is 0 Å². The van der Waals surface area contributed by atoms with Crippen molar-refractivity contribution in [3.63, 3.8) is 0 Å². The summed E-state index contributed by atoms with van der Waals surface area (Å²) in [5.41, 5.74) is 1.10. The first kappa shape index (κ1) is 13.3. The first-order valence-electron chi connectivity index (χ1n) is 6.55. The lowest BCUT2D eigenvalue weighted by Crippen LogP contribution is -2.45. The van der Waals surface area contributed by atoms with Gasteiger partial charge in [0, 0.05) is 31.2 Å². The van der Waals surface area contributed by atoms with Gasteiger partial charge in [0.05, 0.1) is 6.54 Å². The number of hydrogen-bond donors (Lipinski definition) is 1. The highest BCUT2D eigenvalue weighted by Gasteiger charge is 2.18. The summed E-state index contributed by atoms with van der Waals surface area (Å²) >= 11 is 1.70. The van der Waals surface area contributed by atoms with E-state index in [9.17, 15) is 0 Å². The highest BCUT2D eigenvalue weighted by Crippen LogP contribution is 2.16. The molecular formula is C13H22N4S. The quantitative estimate of drug-likeness (QED) is 0.659. The predicted molar refractivity (Wildman–Crippen MR) is 77.0 cm³/mol. The SMILES string of the molecule is CN=C(NCc1nc(C)cs1)N1CCC(C)CC1. The number of guanidine groups is 1. The number of nitrogens with zero attached hydrogens (tertiary/aromatic N) is 3. The van der Waals surface area contributed by atoms with Crippen LogP contribution in [0.15, 0.2) is 10.4 Å². The molecule has 1 N–H and O–H groups in total. The molecular weight excluding hydrogens is 244 g/mol. The van der Waals surface area contributed by atoms with Gasteiger partial charge in [-0.2, -0.15) is 0 Å². The summed E-state index contributed by atoms with van der Waals surface area (Å²) in [4.78, 5) is 11.2. The Morgan fingerprint density at radius 3 is 2.83 bits per heavy atom. The van der Waals surface area contributed by atoms with Gasteiger partial charge in [-0.05, 0) is 25.7 Å². The van der Waals surface area contributed by atoms with Crippen molar-refractivity contribution >= 4 is 17.3 Å². The number of aromatic nitrogens is 1. The Labute approximate surface area is 113 Å². The normalized spacial score (nSPS) is 18.2. The number of aryl methyl sites for hydroxylation is 1. The lowest BCUT2D eigenvalue weighted by Gasteiger charge is -2.32. The van der Waals surface area contributed by atoms with E-state index in [0.29, 0.717) is 0 Å². The van der Waals surface area contributed by atoms with Crippen LogP contribution in [-0.2, 0) is 6.54 Å². The summed E-state index contributed by atoms with van der Waals surface area (Å²) in [7, 11) is 1.85. The molecule has 4 nitrogen and oxygen atoms in total. The summed E-state index contributed by atoms with van der Waals surface area (Å²) in [6.07, 6.45) is 2.52. The fourth-order valence-electron chi connectivity index (χ4n) is 2.19. The Balaban J connectivity index is 1.86. The topological polar surface area (TPSA) is 40.5 Å². The van der Waals surface area contributed by atoms with E-state index < -0.39 is 0 Å². The molecule has 1 aromatic heterocycles. The van der Waals surface area contributed by atoms with E-state index >= 15 is 0 Å². The zero-order valence-electron chi connectivity index (χ0n) is 11.4. The van der Waals surface area contributed by atoms with Gasteiger partial charge in [0.25, 0.3) is 0 Å². The third-order valence-electron chi connectivity index (χ3n) is 3.36. The maximum Gasteiger partial charge on any atom is 0.193 e. The number of aliphatic imine (C=N–C) groups is 1. The first-order chi connectivity index (χ1) is 8.69. The van der Waals surface area contributed by atoms with Gasteiger partial charge in [-0.25, -0.2) is 4.98 Å². The van der Waals surface area contributed by atoms with E-state index in [-0.39, 0.29) is 0 Å². The molecule has 5 heteroatoms. The number of likely N-dealkylation sites (tertiary alicyclic amines) is 1. The lowest BCUT2D eigenvalue weighted by molar-refractivity contribution is 0.273. The molecule has 1 aromatic rings. The average molecular weight is 266 g/mol. The molecule has 0 aromatic carbocycles. The van der Waals surface area contributed by atoms with Gasteiger partial charge < -0.3 is 10.2 Å².